The van der Waals surface area contributed by atoms with E-state index < -0.39 is 0 Å². The number of nitrogens with zero attached hydrogens (tertiary/aromatic N) is 3. The summed E-state index contributed by atoms with van der Waals surface area (Å²) in [6, 6.07) is 9.80. The first-order chi connectivity index (χ1) is 12.3. The number of thioether (sulfide) groups is 1. The smallest absolute Gasteiger partial charge is 0.229 e. The van der Waals surface area contributed by atoms with Crippen molar-refractivity contribution in [2.45, 2.75) is 6.42 Å². The maximum Gasteiger partial charge on any atom is 0.229 e. The van der Waals surface area contributed by atoms with E-state index in [-0.39, 0.29) is 0 Å². The van der Waals surface area contributed by atoms with E-state index in [0.29, 0.717) is 19.2 Å². The fraction of sp³-hybridized carbons (Fsp3) is 0.444. The lowest BCUT2D eigenvalue weighted by Crippen LogP contribution is -2.33. The predicted octanol–water partition coefficient (Wildman–Crippen LogP) is 3.19. The maximum atomic E-state index is 5.66. The van der Waals surface area contributed by atoms with Gasteiger partial charge >= 0.3 is 0 Å². The Morgan fingerprint density at radius 3 is 2.68 bits per heavy atom. The largest absolute Gasteiger partial charge is 0.494 e. The minimum absolute atomic E-state index is 0.615. The van der Waals surface area contributed by atoms with Crippen LogP contribution >= 0.6 is 11.8 Å². The first kappa shape index (κ1) is 17.8. The van der Waals surface area contributed by atoms with Crippen LogP contribution in [0.5, 0.6) is 5.75 Å². The summed E-state index contributed by atoms with van der Waals surface area (Å²) < 4.78 is 10.7. The number of aromatic nitrogens is 2. The number of nitrogens with one attached hydrogen (secondary N) is 1. The Labute approximate surface area is 153 Å². The van der Waals surface area contributed by atoms with Crippen molar-refractivity contribution in [3.63, 3.8) is 0 Å². The molecule has 0 amide bonds. The van der Waals surface area contributed by atoms with Gasteiger partial charge < -0.3 is 19.7 Å². The van der Waals surface area contributed by atoms with E-state index in [1.807, 2.05) is 42.1 Å². The van der Waals surface area contributed by atoms with Gasteiger partial charge in [0.25, 0.3) is 0 Å². The lowest BCUT2D eigenvalue weighted by molar-refractivity contribution is 0.172. The summed E-state index contributed by atoms with van der Waals surface area (Å²) in [6.45, 7) is 3.44. The van der Waals surface area contributed by atoms with Crippen LogP contribution < -0.4 is 15.0 Å². The lowest BCUT2D eigenvalue weighted by atomic mass is 10.3. The van der Waals surface area contributed by atoms with E-state index >= 15 is 0 Å². The van der Waals surface area contributed by atoms with E-state index in [1.54, 1.807) is 13.3 Å². The SMILES string of the molecule is COCCCOc1ccc(Nc2nccc(N3CCSCC3)n2)cc1. The molecule has 1 aliphatic heterocycles. The van der Waals surface area contributed by atoms with Gasteiger partial charge in [-0.3, -0.25) is 0 Å². The second kappa shape index (κ2) is 9.48. The highest BCUT2D eigenvalue weighted by molar-refractivity contribution is 7.99. The van der Waals surface area contributed by atoms with Crippen LogP contribution in [0.3, 0.4) is 0 Å². The summed E-state index contributed by atoms with van der Waals surface area (Å²) in [6.07, 6.45) is 2.69. The summed E-state index contributed by atoms with van der Waals surface area (Å²) in [7, 11) is 1.70. The number of hydrogen-bond acceptors (Lipinski definition) is 7. The number of rotatable bonds is 8. The van der Waals surface area contributed by atoms with Gasteiger partial charge in [-0.15, -0.1) is 0 Å². The number of benzene rings is 1. The predicted molar refractivity (Wildman–Crippen MR) is 103 cm³/mol. The van der Waals surface area contributed by atoms with E-state index in [0.717, 1.165) is 48.3 Å². The van der Waals surface area contributed by atoms with Gasteiger partial charge in [-0.2, -0.15) is 16.7 Å². The average Bonchev–Trinajstić information content (AvgIpc) is 2.67. The Kier molecular flexibility index (Phi) is 6.76. The highest BCUT2D eigenvalue weighted by Gasteiger charge is 2.13. The Morgan fingerprint density at radius 1 is 1.12 bits per heavy atom. The van der Waals surface area contributed by atoms with Crippen LogP contribution in [-0.4, -0.2) is 54.9 Å². The quantitative estimate of drug-likeness (QED) is 0.726. The molecule has 0 unspecified atom stereocenters. The molecule has 0 spiro atoms. The zero-order valence-electron chi connectivity index (χ0n) is 14.5. The van der Waals surface area contributed by atoms with Gasteiger partial charge in [0.05, 0.1) is 6.61 Å². The molecule has 6 nitrogen and oxygen atoms in total. The van der Waals surface area contributed by atoms with Gasteiger partial charge in [0, 0.05) is 56.6 Å². The van der Waals surface area contributed by atoms with Crippen LogP contribution in [-0.2, 0) is 4.74 Å². The molecular weight excluding hydrogens is 336 g/mol. The molecule has 25 heavy (non-hydrogen) atoms. The first-order valence-corrected chi connectivity index (χ1v) is 9.65. The summed E-state index contributed by atoms with van der Waals surface area (Å²) in [5.41, 5.74) is 0.940. The fourth-order valence-electron chi connectivity index (χ4n) is 2.53. The van der Waals surface area contributed by atoms with E-state index in [2.05, 4.69) is 20.2 Å². The van der Waals surface area contributed by atoms with Crippen LogP contribution in [0.1, 0.15) is 6.42 Å². The first-order valence-electron chi connectivity index (χ1n) is 8.50. The van der Waals surface area contributed by atoms with Crippen molar-refractivity contribution in [1.82, 2.24) is 9.97 Å². The van der Waals surface area contributed by atoms with Gasteiger partial charge in [0.1, 0.15) is 11.6 Å². The van der Waals surface area contributed by atoms with Crippen LogP contribution in [0.25, 0.3) is 0 Å². The zero-order valence-corrected chi connectivity index (χ0v) is 15.3. The molecule has 0 atom stereocenters. The monoisotopic (exact) mass is 360 g/mol. The molecule has 1 fully saturated rings. The van der Waals surface area contributed by atoms with Gasteiger partial charge in [-0.25, -0.2) is 4.98 Å². The molecular formula is C18H24N4O2S. The Balaban J connectivity index is 1.56. The van der Waals surface area contributed by atoms with E-state index in [1.165, 1.54) is 0 Å². The molecule has 0 aliphatic carbocycles. The Morgan fingerprint density at radius 2 is 1.92 bits per heavy atom. The van der Waals surface area contributed by atoms with E-state index in [4.69, 9.17) is 9.47 Å². The average molecular weight is 360 g/mol. The minimum Gasteiger partial charge on any atom is -0.494 e. The van der Waals surface area contributed by atoms with Crippen molar-refractivity contribution in [3.8, 4) is 5.75 Å². The molecule has 0 radical (unpaired) electrons. The van der Waals surface area contributed by atoms with E-state index in [9.17, 15) is 0 Å². The second-order valence-corrected chi connectivity index (χ2v) is 6.91. The topological polar surface area (TPSA) is 59.5 Å². The number of methoxy groups -OCH3 is 1. The minimum atomic E-state index is 0.615. The van der Waals surface area contributed by atoms with Crippen molar-refractivity contribution in [3.05, 3.63) is 36.5 Å². The molecule has 0 saturated carbocycles. The molecule has 134 valence electrons. The van der Waals surface area contributed by atoms with Crippen molar-refractivity contribution < 1.29 is 9.47 Å². The summed E-state index contributed by atoms with van der Waals surface area (Å²) in [4.78, 5) is 11.3. The Hall–Kier alpha value is -1.99. The zero-order chi connectivity index (χ0) is 17.3. The molecule has 1 N–H and O–H groups in total. The maximum absolute atomic E-state index is 5.66. The van der Waals surface area contributed by atoms with Crippen LogP contribution in [0, 0.1) is 0 Å². The number of ether oxygens (including phenoxy) is 2. The number of anilines is 3. The summed E-state index contributed by atoms with van der Waals surface area (Å²) >= 11 is 1.99. The summed E-state index contributed by atoms with van der Waals surface area (Å²) in [5, 5.41) is 3.26. The third kappa shape index (κ3) is 5.51. The second-order valence-electron chi connectivity index (χ2n) is 5.68. The number of hydrogen-bond donors (Lipinski definition) is 1. The molecule has 0 bridgehead atoms. The summed E-state index contributed by atoms with van der Waals surface area (Å²) in [5.74, 6) is 4.75. The van der Waals surface area contributed by atoms with Gasteiger partial charge in [0.2, 0.25) is 5.95 Å². The molecule has 2 heterocycles. The molecule has 7 heteroatoms. The third-order valence-corrected chi connectivity index (χ3v) is 4.79. The fourth-order valence-corrected chi connectivity index (χ4v) is 3.44. The molecule has 1 aromatic heterocycles. The highest BCUT2D eigenvalue weighted by Crippen LogP contribution is 2.21. The lowest BCUT2D eigenvalue weighted by Gasteiger charge is -2.27. The van der Waals surface area contributed by atoms with Crippen molar-refractivity contribution in [1.29, 1.82) is 0 Å². The standard InChI is InChI=1S/C18H24N4O2S/c1-23-11-2-12-24-16-5-3-15(4-6-16)20-18-19-8-7-17(21-18)22-9-13-25-14-10-22/h3-8H,2,9-14H2,1H3,(H,19,20,21). The van der Waals surface area contributed by atoms with Gasteiger partial charge in [-0.05, 0) is 30.3 Å². The molecule has 1 aliphatic rings. The van der Waals surface area contributed by atoms with Gasteiger partial charge in [0.15, 0.2) is 0 Å². The van der Waals surface area contributed by atoms with Crippen molar-refractivity contribution >= 4 is 29.2 Å². The molecule has 2 aromatic rings. The highest BCUT2D eigenvalue weighted by atomic mass is 32.2. The molecule has 1 aromatic carbocycles. The van der Waals surface area contributed by atoms with Crippen LogP contribution in [0.4, 0.5) is 17.5 Å². The van der Waals surface area contributed by atoms with Crippen molar-refractivity contribution in [2.24, 2.45) is 0 Å². The Bertz CT molecular complexity index is 648. The molecule has 1 saturated heterocycles. The third-order valence-electron chi connectivity index (χ3n) is 3.85. The van der Waals surface area contributed by atoms with Crippen LogP contribution in [0.15, 0.2) is 36.5 Å². The van der Waals surface area contributed by atoms with Crippen molar-refractivity contribution in [2.75, 3.05) is 55.1 Å². The molecule has 3 rings (SSSR count). The normalized spacial score (nSPS) is 14.4. The van der Waals surface area contributed by atoms with Crippen LogP contribution in [0.2, 0.25) is 0 Å². The van der Waals surface area contributed by atoms with Gasteiger partial charge in [-0.1, -0.05) is 0 Å².